The second kappa shape index (κ2) is 7.74. The van der Waals surface area contributed by atoms with E-state index >= 15 is 0 Å². The van der Waals surface area contributed by atoms with Crippen LogP contribution < -0.4 is 5.32 Å². The largest absolute Gasteiger partial charge is 0.322 e. The maximum absolute atomic E-state index is 12.3. The number of hydrogen-bond donors (Lipinski definition) is 1. The van der Waals surface area contributed by atoms with E-state index in [2.05, 4.69) is 5.32 Å². The van der Waals surface area contributed by atoms with Gasteiger partial charge in [0.25, 0.3) is 5.91 Å². The predicted octanol–water partition coefficient (Wildman–Crippen LogP) is 5.10. The Morgan fingerprint density at radius 2 is 1.90 bits per heavy atom. The lowest BCUT2D eigenvalue weighted by Crippen LogP contribution is -2.12. The molecule has 0 aliphatic heterocycles. The van der Waals surface area contributed by atoms with E-state index in [0.29, 0.717) is 16.5 Å². The summed E-state index contributed by atoms with van der Waals surface area (Å²) in [5, 5.41) is 3.30. The lowest BCUT2D eigenvalue weighted by molar-refractivity contribution is 0.102. The molecule has 2 aromatic rings. The van der Waals surface area contributed by atoms with Crippen molar-refractivity contribution in [3.63, 3.8) is 0 Å². The topological polar surface area (TPSA) is 29.1 Å². The molecule has 21 heavy (non-hydrogen) atoms. The highest BCUT2D eigenvalue weighted by Gasteiger charge is 2.11. The first-order valence-corrected chi connectivity index (χ1v) is 8.57. The van der Waals surface area contributed by atoms with Crippen LogP contribution >= 0.6 is 35.0 Å². The third-order valence-corrected chi connectivity index (χ3v) is 4.26. The fourth-order valence-corrected chi connectivity index (χ4v) is 2.73. The molecule has 0 aliphatic carbocycles. The molecule has 0 spiro atoms. The summed E-state index contributed by atoms with van der Waals surface area (Å²) in [5.41, 5.74) is 2.36. The molecule has 2 nitrogen and oxygen atoms in total. The van der Waals surface area contributed by atoms with E-state index in [0.717, 1.165) is 22.6 Å². The minimum atomic E-state index is -0.207. The molecule has 110 valence electrons. The molecule has 1 amide bonds. The molecule has 0 heterocycles. The highest BCUT2D eigenvalue weighted by Crippen LogP contribution is 2.24. The predicted molar refractivity (Wildman–Crippen MR) is 92.1 cm³/mol. The fraction of sp³-hybridized carbons (Fsp3) is 0.188. The van der Waals surface area contributed by atoms with Crippen LogP contribution in [0.25, 0.3) is 0 Å². The van der Waals surface area contributed by atoms with E-state index in [-0.39, 0.29) is 5.91 Å². The quantitative estimate of drug-likeness (QED) is 0.606. The van der Waals surface area contributed by atoms with E-state index < -0.39 is 0 Å². The average molecular weight is 340 g/mol. The third kappa shape index (κ3) is 4.40. The molecular formula is C16H15Cl2NOS. The first-order valence-electron chi connectivity index (χ1n) is 6.44. The zero-order valence-corrected chi connectivity index (χ0v) is 13.9. The van der Waals surface area contributed by atoms with Crippen molar-refractivity contribution in [2.75, 3.05) is 17.5 Å². The minimum absolute atomic E-state index is 0.207. The highest BCUT2D eigenvalue weighted by atomic mass is 35.5. The van der Waals surface area contributed by atoms with Gasteiger partial charge in [0.15, 0.2) is 0 Å². The van der Waals surface area contributed by atoms with E-state index in [1.807, 2.05) is 36.6 Å². The van der Waals surface area contributed by atoms with Gasteiger partial charge in [0.1, 0.15) is 0 Å². The molecule has 5 heteroatoms. The van der Waals surface area contributed by atoms with Gasteiger partial charge >= 0.3 is 0 Å². The molecule has 0 aliphatic rings. The number of anilines is 1. The van der Waals surface area contributed by atoms with Crippen LogP contribution in [0.15, 0.2) is 47.4 Å². The number of halogens is 2. The molecule has 0 unspecified atom stereocenters. The van der Waals surface area contributed by atoms with Gasteiger partial charge in [0, 0.05) is 16.5 Å². The summed E-state index contributed by atoms with van der Waals surface area (Å²) in [4.78, 5) is 13.3. The van der Waals surface area contributed by atoms with Crippen molar-refractivity contribution in [3.8, 4) is 0 Å². The van der Waals surface area contributed by atoms with Crippen LogP contribution in [0.3, 0.4) is 0 Å². The van der Waals surface area contributed by atoms with Crippen molar-refractivity contribution in [1.82, 2.24) is 0 Å². The maximum Gasteiger partial charge on any atom is 0.257 e. The number of carbonyl (C=O) groups is 1. The highest BCUT2D eigenvalue weighted by molar-refractivity contribution is 7.98. The Bertz CT molecular complexity index is 629. The molecule has 0 saturated carbocycles. The van der Waals surface area contributed by atoms with Crippen molar-refractivity contribution >= 4 is 46.6 Å². The maximum atomic E-state index is 12.3. The van der Waals surface area contributed by atoms with Gasteiger partial charge in [-0.2, -0.15) is 0 Å². The van der Waals surface area contributed by atoms with E-state index in [1.54, 1.807) is 23.9 Å². The second-order valence-corrected chi connectivity index (χ2v) is 6.10. The van der Waals surface area contributed by atoms with Crippen LogP contribution in [0.5, 0.6) is 0 Å². The normalized spacial score (nSPS) is 10.4. The van der Waals surface area contributed by atoms with Crippen LogP contribution in [0, 0.1) is 0 Å². The van der Waals surface area contributed by atoms with Gasteiger partial charge in [-0.15, -0.1) is 23.4 Å². The number of thioether (sulfide) groups is 1. The summed E-state index contributed by atoms with van der Waals surface area (Å²) in [6.45, 7) is 0. The van der Waals surface area contributed by atoms with Crippen LogP contribution in [-0.4, -0.2) is 18.0 Å². The molecule has 2 rings (SSSR count). The van der Waals surface area contributed by atoms with Crippen molar-refractivity contribution in [2.24, 2.45) is 0 Å². The Hall–Kier alpha value is -1.16. The number of benzene rings is 2. The number of hydrogen-bond acceptors (Lipinski definition) is 2. The summed E-state index contributed by atoms with van der Waals surface area (Å²) in [5.74, 6) is 0.379. The lowest BCUT2D eigenvalue weighted by Gasteiger charge is -2.09. The second-order valence-electron chi connectivity index (χ2n) is 4.44. The van der Waals surface area contributed by atoms with Gasteiger partial charge in [-0.3, -0.25) is 4.79 Å². The Morgan fingerprint density at radius 3 is 2.52 bits per heavy atom. The van der Waals surface area contributed by atoms with E-state index in [4.69, 9.17) is 23.2 Å². The van der Waals surface area contributed by atoms with Crippen LogP contribution in [0.1, 0.15) is 15.9 Å². The van der Waals surface area contributed by atoms with Gasteiger partial charge < -0.3 is 5.32 Å². The molecule has 1 N–H and O–H groups in total. The van der Waals surface area contributed by atoms with Gasteiger partial charge in [0.2, 0.25) is 0 Å². The average Bonchev–Trinajstić information content (AvgIpc) is 2.50. The number of amides is 1. The lowest BCUT2D eigenvalue weighted by atomic mass is 10.1. The zero-order valence-electron chi connectivity index (χ0n) is 11.5. The number of nitrogens with one attached hydrogen (secondary N) is 1. The molecule has 2 aromatic carbocycles. The number of rotatable bonds is 5. The third-order valence-electron chi connectivity index (χ3n) is 3.01. The monoisotopic (exact) mass is 339 g/mol. The van der Waals surface area contributed by atoms with Crippen LogP contribution in [0.2, 0.25) is 5.02 Å². The molecule has 0 radical (unpaired) electrons. The molecular weight excluding hydrogens is 325 g/mol. The Morgan fingerprint density at radius 1 is 1.19 bits per heavy atom. The molecule has 0 fully saturated rings. The summed E-state index contributed by atoms with van der Waals surface area (Å²) in [7, 11) is 0. The van der Waals surface area contributed by atoms with Gasteiger partial charge in [-0.05, 0) is 48.6 Å². The Balaban J connectivity index is 2.14. The summed E-state index contributed by atoms with van der Waals surface area (Å²) in [6.07, 6.45) is 2.78. The molecule has 0 atom stereocenters. The molecule has 0 bridgehead atoms. The van der Waals surface area contributed by atoms with Gasteiger partial charge in [0.05, 0.1) is 10.6 Å². The smallest absolute Gasteiger partial charge is 0.257 e. The summed E-state index contributed by atoms with van der Waals surface area (Å²) >= 11 is 13.4. The first-order chi connectivity index (χ1) is 10.1. The van der Waals surface area contributed by atoms with Crippen molar-refractivity contribution in [2.45, 2.75) is 11.3 Å². The van der Waals surface area contributed by atoms with Crippen LogP contribution in [0.4, 0.5) is 5.69 Å². The summed E-state index contributed by atoms with van der Waals surface area (Å²) < 4.78 is 0. The van der Waals surface area contributed by atoms with Crippen LogP contribution in [-0.2, 0) is 6.42 Å². The standard InChI is InChI=1S/C16H15Cl2NOS/c1-21-13-6-7-15(18)14(10-13)16(20)19-12-4-2-11(3-5-12)8-9-17/h2-7,10H,8-9H2,1H3,(H,19,20). The van der Waals surface area contributed by atoms with Crippen molar-refractivity contribution < 1.29 is 4.79 Å². The molecule has 0 saturated heterocycles. The first kappa shape index (κ1) is 16.2. The Kier molecular flexibility index (Phi) is 5.97. The molecule has 0 aromatic heterocycles. The van der Waals surface area contributed by atoms with E-state index in [1.165, 1.54) is 0 Å². The van der Waals surface area contributed by atoms with E-state index in [9.17, 15) is 4.79 Å². The zero-order chi connectivity index (χ0) is 15.2. The number of aryl methyl sites for hydroxylation is 1. The Labute approximate surface area is 138 Å². The van der Waals surface area contributed by atoms with Crippen molar-refractivity contribution in [1.29, 1.82) is 0 Å². The minimum Gasteiger partial charge on any atom is -0.322 e. The van der Waals surface area contributed by atoms with Gasteiger partial charge in [-0.1, -0.05) is 23.7 Å². The number of carbonyl (C=O) groups excluding carboxylic acids is 1. The number of alkyl halides is 1. The SMILES string of the molecule is CSc1ccc(Cl)c(C(=O)Nc2ccc(CCCl)cc2)c1. The van der Waals surface area contributed by atoms with Gasteiger partial charge in [-0.25, -0.2) is 0 Å². The fourth-order valence-electron chi connectivity index (χ4n) is 1.87. The summed E-state index contributed by atoms with van der Waals surface area (Å²) in [6, 6.07) is 13.1. The van der Waals surface area contributed by atoms with Crippen molar-refractivity contribution in [3.05, 3.63) is 58.6 Å².